The second kappa shape index (κ2) is 14.3. The van der Waals surface area contributed by atoms with Crippen molar-refractivity contribution in [3.63, 3.8) is 0 Å². The fourth-order valence-electron chi connectivity index (χ4n) is 7.36. The zero-order chi connectivity index (χ0) is 33.1. The number of phenolic OH excluding ortho intramolecular Hbond substituents is 1. The number of piperidine rings is 1. The second-order valence-electron chi connectivity index (χ2n) is 13.1. The Bertz CT molecular complexity index is 1450. The number of nitrogens with one attached hydrogen (secondary N) is 1. The van der Waals surface area contributed by atoms with Gasteiger partial charge in [0.1, 0.15) is 5.75 Å². The molecule has 2 aromatic rings. The lowest BCUT2D eigenvalue weighted by atomic mass is 10.0. The van der Waals surface area contributed by atoms with Gasteiger partial charge in [-0.2, -0.15) is 0 Å². The van der Waals surface area contributed by atoms with Gasteiger partial charge >= 0.3 is 12.1 Å². The van der Waals surface area contributed by atoms with Crippen molar-refractivity contribution in [2.75, 3.05) is 64.3 Å². The van der Waals surface area contributed by atoms with Crippen molar-refractivity contribution in [1.29, 1.82) is 0 Å². The molecule has 0 unspecified atom stereocenters. The number of likely N-dealkylation sites (tertiary alicyclic amines) is 1. The van der Waals surface area contributed by atoms with Crippen molar-refractivity contribution in [2.24, 2.45) is 0 Å². The number of ether oxygens (including phenoxy) is 2. The Morgan fingerprint density at radius 1 is 1.06 bits per heavy atom. The van der Waals surface area contributed by atoms with Crippen molar-refractivity contribution in [3.8, 4) is 5.75 Å². The number of carbonyl (C=O) groups is 3. The van der Waals surface area contributed by atoms with Gasteiger partial charge in [-0.3, -0.25) is 4.79 Å². The molecule has 2 aromatic carbocycles. The Hall–Kier alpha value is -3.58. The summed E-state index contributed by atoms with van der Waals surface area (Å²) in [7, 11) is 0. The topological polar surface area (TPSA) is 135 Å². The molecule has 3 fully saturated rings. The smallest absolute Gasteiger partial charge is 0.410 e. The normalized spacial score (nSPS) is 21.4. The zero-order valence-corrected chi connectivity index (χ0v) is 27.6. The third-order valence-electron chi connectivity index (χ3n) is 10.2. The lowest BCUT2D eigenvalue weighted by Gasteiger charge is -2.54. The molecule has 4 heterocycles. The van der Waals surface area contributed by atoms with E-state index in [9.17, 15) is 24.7 Å². The molecule has 13 heteroatoms. The quantitative estimate of drug-likeness (QED) is 0.346. The van der Waals surface area contributed by atoms with E-state index in [1.807, 2.05) is 29.2 Å². The summed E-state index contributed by atoms with van der Waals surface area (Å²) >= 11 is 6.25. The standard InChI is InChI=1S/C34H44ClN5O7/c1-23-20-24(21-28(35)31(23)41)22-30(32(42)37-14-16-40(45,17-15-37)27-9-18-46-19-10-27)47-34(44)38-11-7-26(8-12-38)39-13-6-25-4-2-3-5-29(25)36-33(39)43/h2-5,20-21,26-27,30,41H,6-19,22H2,1H3,(H,36,43)/t30-/m1/s1. The van der Waals surface area contributed by atoms with Crippen LogP contribution in [0.15, 0.2) is 36.4 Å². The molecule has 0 bridgehead atoms. The van der Waals surface area contributed by atoms with E-state index < -0.39 is 12.2 Å². The summed E-state index contributed by atoms with van der Waals surface area (Å²) in [6.45, 7) is 5.36. The van der Waals surface area contributed by atoms with Crippen molar-refractivity contribution in [2.45, 2.75) is 63.6 Å². The molecule has 6 rings (SSSR count). The number of piperazine rings is 1. The molecule has 1 atom stereocenters. The minimum absolute atomic E-state index is 0.0255. The maximum Gasteiger partial charge on any atom is 0.410 e. The third-order valence-corrected chi connectivity index (χ3v) is 10.5. The largest absolute Gasteiger partial charge is 0.632 e. The Balaban J connectivity index is 1.10. The van der Waals surface area contributed by atoms with Crippen molar-refractivity contribution in [1.82, 2.24) is 14.7 Å². The average molecular weight is 670 g/mol. The van der Waals surface area contributed by atoms with Gasteiger partial charge in [0.2, 0.25) is 0 Å². The van der Waals surface area contributed by atoms with Crippen molar-refractivity contribution < 1.29 is 33.6 Å². The summed E-state index contributed by atoms with van der Waals surface area (Å²) in [6.07, 6.45) is 1.70. The Morgan fingerprint density at radius 3 is 2.47 bits per heavy atom. The van der Waals surface area contributed by atoms with E-state index in [0.29, 0.717) is 69.7 Å². The predicted molar refractivity (Wildman–Crippen MR) is 176 cm³/mol. The number of anilines is 1. The van der Waals surface area contributed by atoms with Crippen LogP contribution in [0.2, 0.25) is 5.02 Å². The molecule has 4 aliphatic heterocycles. The number of hydrogen-bond acceptors (Lipinski definition) is 7. The van der Waals surface area contributed by atoms with Crippen LogP contribution in [-0.2, 0) is 27.1 Å². The summed E-state index contributed by atoms with van der Waals surface area (Å²) in [5.41, 5.74) is 3.13. The van der Waals surface area contributed by atoms with Crippen LogP contribution in [0.1, 0.15) is 42.4 Å². The lowest BCUT2D eigenvalue weighted by Crippen LogP contribution is -2.63. The second-order valence-corrected chi connectivity index (χ2v) is 13.5. The first-order valence-corrected chi connectivity index (χ1v) is 17.0. The number of halogens is 1. The van der Waals surface area contributed by atoms with Crippen LogP contribution in [0, 0.1) is 12.1 Å². The van der Waals surface area contributed by atoms with E-state index in [1.54, 1.807) is 28.9 Å². The minimum Gasteiger partial charge on any atom is -0.632 e. The summed E-state index contributed by atoms with van der Waals surface area (Å²) in [5.74, 6) is -0.386. The molecular formula is C34H44ClN5O7. The van der Waals surface area contributed by atoms with Gasteiger partial charge in [0.05, 0.1) is 50.5 Å². The van der Waals surface area contributed by atoms with Gasteiger partial charge in [0.25, 0.3) is 5.91 Å². The van der Waals surface area contributed by atoms with Gasteiger partial charge in [-0.1, -0.05) is 35.9 Å². The van der Waals surface area contributed by atoms with Crippen LogP contribution in [0.5, 0.6) is 5.75 Å². The van der Waals surface area contributed by atoms with E-state index in [1.165, 1.54) is 0 Å². The van der Waals surface area contributed by atoms with E-state index in [4.69, 9.17) is 21.1 Å². The van der Waals surface area contributed by atoms with E-state index in [-0.39, 0.29) is 72.0 Å². The maximum absolute atomic E-state index is 13.9. The molecule has 47 heavy (non-hydrogen) atoms. The molecule has 0 radical (unpaired) electrons. The fraction of sp³-hybridized carbons (Fsp3) is 0.559. The highest BCUT2D eigenvalue weighted by Crippen LogP contribution is 2.30. The number of nitrogens with zero attached hydrogens (tertiary/aromatic N) is 4. The molecule has 12 nitrogen and oxygen atoms in total. The Kier molecular flexibility index (Phi) is 10.1. The number of aryl methyl sites for hydroxylation is 1. The van der Waals surface area contributed by atoms with Crippen LogP contribution in [-0.4, -0.2) is 120 Å². The van der Waals surface area contributed by atoms with Crippen molar-refractivity contribution >= 4 is 35.3 Å². The molecule has 3 saturated heterocycles. The lowest BCUT2D eigenvalue weighted by molar-refractivity contribution is -0.910. The van der Waals surface area contributed by atoms with Gasteiger partial charge < -0.3 is 44.5 Å². The number of urea groups is 1. The average Bonchev–Trinajstić information content (AvgIpc) is 3.25. The molecule has 0 saturated carbocycles. The fourth-order valence-corrected chi connectivity index (χ4v) is 7.65. The number of rotatable bonds is 6. The highest BCUT2D eigenvalue weighted by atomic mass is 35.5. The first-order chi connectivity index (χ1) is 22.6. The van der Waals surface area contributed by atoms with Crippen LogP contribution in [0.4, 0.5) is 15.3 Å². The van der Waals surface area contributed by atoms with Gasteiger partial charge in [0, 0.05) is 50.6 Å². The molecule has 0 aromatic heterocycles. The minimum atomic E-state index is -1.13. The number of benzene rings is 2. The highest BCUT2D eigenvalue weighted by molar-refractivity contribution is 6.32. The number of hydrogen-bond donors (Lipinski definition) is 2. The summed E-state index contributed by atoms with van der Waals surface area (Å²) < 4.78 is 11.1. The van der Waals surface area contributed by atoms with E-state index >= 15 is 0 Å². The molecule has 0 aliphatic carbocycles. The van der Waals surface area contributed by atoms with E-state index in [0.717, 1.165) is 17.7 Å². The Labute approximate surface area is 280 Å². The molecular weight excluding hydrogens is 626 g/mol. The van der Waals surface area contributed by atoms with Crippen LogP contribution >= 0.6 is 11.6 Å². The van der Waals surface area contributed by atoms with Gasteiger partial charge in [-0.25, -0.2) is 9.59 Å². The molecule has 254 valence electrons. The summed E-state index contributed by atoms with van der Waals surface area (Å²) in [4.78, 5) is 45.6. The molecule has 2 N–H and O–H groups in total. The number of amides is 4. The predicted octanol–water partition coefficient (Wildman–Crippen LogP) is 4.29. The maximum atomic E-state index is 13.9. The first-order valence-electron chi connectivity index (χ1n) is 16.6. The van der Waals surface area contributed by atoms with Crippen LogP contribution in [0.25, 0.3) is 0 Å². The van der Waals surface area contributed by atoms with Crippen LogP contribution in [0.3, 0.4) is 0 Å². The molecule has 4 aliphatic rings. The van der Waals surface area contributed by atoms with Gasteiger partial charge in [-0.15, -0.1) is 0 Å². The molecule has 0 spiro atoms. The highest BCUT2D eigenvalue weighted by Gasteiger charge is 2.39. The summed E-state index contributed by atoms with van der Waals surface area (Å²) in [6, 6.07) is 10.9. The zero-order valence-electron chi connectivity index (χ0n) is 26.9. The number of fused-ring (bicyclic) bond motifs is 1. The van der Waals surface area contributed by atoms with Gasteiger partial charge in [0.15, 0.2) is 6.10 Å². The number of phenols is 1. The number of aromatic hydroxyl groups is 1. The van der Waals surface area contributed by atoms with Crippen molar-refractivity contribution in [3.05, 3.63) is 63.3 Å². The van der Waals surface area contributed by atoms with E-state index in [2.05, 4.69) is 5.32 Å². The third kappa shape index (κ3) is 7.45. The number of hydroxylamine groups is 3. The number of quaternary nitrogens is 1. The monoisotopic (exact) mass is 669 g/mol. The SMILES string of the molecule is Cc1cc(C[C@@H](OC(=O)N2CCC(N3CCc4ccccc4NC3=O)CC2)C(=O)N2CC[N+]([O-])(C3CCOCC3)CC2)cc(Cl)c1O. The van der Waals surface area contributed by atoms with Gasteiger partial charge in [-0.05, 0) is 55.0 Å². The summed E-state index contributed by atoms with van der Waals surface area (Å²) in [5, 5.41) is 27.0. The molecule has 4 amide bonds. The number of carbonyl (C=O) groups excluding carboxylic acids is 3. The first kappa shape index (κ1) is 33.3. The Morgan fingerprint density at radius 2 is 1.77 bits per heavy atom. The van der Waals surface area contributed by atoms with Crippen LogP contribution < -0.4 is 5.32 Å². The number of para-hydroxylation sites is 1.